The Labute approximate surface area is 103 Å². The average Bonchev–Trinajstić information content (AvgIpc) is 2.76. The van der Waals surface area contributed by atoms with E-state index in [4.69, 9.17) is 4.74 Å². The summed E-state index contributed by atoms with van der Waals surface area (Å²) in [6.45, 7) is 2.33. The molecule has 0 saturated carbocycles. The second kappa shape index (κ2) is 5.85. The van der Waals surface area contributed by atoms with E-state index in [1.807, 2.05) is 6.92 Å². The smallest absolute Gasteiger partial charge is 0.305 e. The maximum atomic E-state index is 11.2. The van der Waals surface area contributed by atoms with Crippen LogP contribution in [0.5, 0.6) is 0 Å². The van der Waals surface area contributed by atoms with Crippen LogP contribution >= 0.6 is 0 Å². The van der Waals surface area contributed by atoms with E-state index >= 15 is 0 Å². The minimum atomic E-state index is -0.0753. The quantitative estimate of drug-likeness (QED) is 0.729. The summed E-state index contributed by atoms with van der Waals surface area (Å²) in [7, 11) is 0. The molecule has 0 aromatic heterocycles. The third-order valence-corrected chi connectivity index (χ3v) is 3.31. The SMILES string of the molecule is CCOC(=O)CCCc1ccc2c(c1)CCC2. The first-order valence-corrected chi connectivity index (χ1v) is 6.56. The van der Waals surface area contributed by atoms with E-state index in [9.17, 15) is 4.79 Å². The number of carbonyl (C=O) groups is 1. The first kappa shape index (κ1) is 12.2. The van der Waals surface area contributed by atoms with Crippen molar-refractivity contribution >= 4 is 5.97 Å². The molecular formula is C15H20O2. The second-order valence-corrected chi connectivity index (χ2v) is 4.62. The molecule has 92 valence electrons. The van der Waals surface area contributed by atoms with E-state index in [-0.39, 0.29) is 5.97 Å². The van der Waals surface area contributed by atoms with Crippen LogP contribution in [0.1, 0.15) is 42.9 Å². The summed E-state index contributed by atoms with van der Waals surface area (Å²) in [5, 5.41) is 0. The van der Waals surface area contributed by atoms with Gasteiger partial charge in [0.2, 0.25) is 0 Å². The predicted octanol–water partition coefficient (Wildman–Crippen LogP) is 3.06. The van der Waals surface area contributed by atoms with Gasteiger partial charge in [0.05, 0.1) is 6.61 Å². The summed E-state index contributed by atoms with van der Waals surface area (Å²) in [6.07, 6.45) is 6.15. The van der Waals surface area contributed by atoms with E-state index < -0.39 is 0 Å². The highest BCUT2D eigenvalue weighted by atomic mass is 16.5. The normalized spacial score (nSPS) is 13.5. The van der Waals surface area contributed by atoms with Crippen molar-refractivity contribution in [1.29, 1.82) is 0 Å². The van der Waals surface area contributed by atoms with Crippen LogP contribution in [0, 0.1) is 0 Å². The van der Waals surface area contributed by atoms with E-state index in [1.54, 1.807) is 0 Å². The van der Waals surface area contributed by atoms with Crippen LogP contribution in [0.25, 0.3) is 0 Å². The lowest BCUT2D eigenvalue weighted by Crippen LogP contribution is -2.04. The molecule has 1 aliphatic rings. The van der Waals surface area contributed by atoms with Crippen molar-refractivity contribution in [2.24, 2.45) is 0 Å². The van der Waals surface area contributed by atoms with Gasteiger partial charge in [0.1, 0.15) is 0 Å². The fourth-order valence-electron chi connectivity index (χ4n) is 2.45. The molecule has 1 aliphatic carbocycles. The Balaban J connectivity index is 1.81. The number of carbonyl (C=O) groups excluding carboxylic acids is 1. The van der Waals surface area contributed by atoms with Gasteiger partial charge in [-0.3, -0.25) is 4.79 Å². The topological polar surface area (TPSA) is 26.3 Å². The summed E-state index contributed by atoms with van der Waals surface area (Å²) < 4.78 is 4.91. The van der Waals surface area contributed by atoms with Crippen LogP contribution in [-0.2, 0) is 28.8 Å². The molecule has 0 heterocycles. The number of hydrogen-bond acceptors (Lipinski definition) is 2. The zero-order valence-electron chi connectivity index (χ0n) is 10.5. The summed E-state index contributed by atoms with van der Waals surface area (Å²) in [6, 6.07) is 6.77. The molecule has 2 nitrogen and oxygen atoms in total. The molecule has 2 heteroatoms. The van der Waals surface area contributed by atoms with Crippen LogP contribution in [0.2, 0.25) is 0 Å². The van der Waals surface area contributed by atoms with Gasteiger partial charge in [0.15, 0.2) is 0 Å². The van der Waals surface area contributed by atoms with Crippen molar-refractivity contribution < 1.29 is 9.53 Å². The Morgan fingerprint density at radius 2 is 2.12 bits per heavy atom. The largest absolute Gasteiger partial charge is 0.466 e. The van der Waals surface area contributed by atoms with Gasteiger partial charge >= 0.3 is 5.97 Å². The van der Waals surface area contributed by atoms with Crippen LogP contribution in [0.3, 0.4) is 0 Å². The maximum Gasteiger partial charge on any atom is 0.305 e. The lowest BCUT2D eigenvalue weighted by Gasteiger charge is -2.05. The first-order valence-electron chi connectivity index (χ1n) is 6.56. The predicted molar refractivity (Wildman–Crippen MR) is 68.0 cm³/mol. The summed E-state index contributed by atoms with van der Waals surface area (Å²) in [4.78, 5) is 11.2. The van der Waals surface area contributed by atoms with E-state index in [2.05, 4.69) is 18.2 Å². The molecule has 0 unspecified atom stereocenters. The molecule has 0 bridgehead atoms. The molecule has 0 saturated heterocycles. The molecule has 2 rings (SSSR count). The number of rotatable bonds is 5. The molecule has 0 fully saturated rings. The van der Waals surface area contributed by atoms with Crippen LogP contribution in [-0.4, -0.2) is 12.6 Å². The van der Waals surface area contributed by atoms with Crippen molar-refractivity contribution in [2.45, 2.75) is 45.4 Å². The zero-order valence-corrected chi connectivity index (χ0v) is 10.5. The van der Waals surface area contributed by atoms with Crippen molar-refractivity contribution in [3.63, 3.8) is 0 Å². The number of aryl methyl sites for hydroxylation is 3. The molecule has 0 atom stereocenters. The third kappa shape index (κ3) is 3.32. The van der Waals surface area contributed by atoms with Gasteiger partial charge in [-0.25, -0.2) is 0 Å². The third-order valence-electron chi connectivity index (χ3n) is 3.31. The van der Waals surface area contributed by atoms with Crippen LogP contribution in [0.4, 0.5) is 0 Å². The van der Waals surface area contributed by atoms with Crippen molar-refractivity contribution in [1.82, 2.24) is 0 Å². The van der Waals surface area contributed by atoms with Crippen LogP contribution < -0.4 is 0 Å². The number of esters is 1. The minimum Gasteiger partial charge on any atom is -0.466 e. The fourth-order valence-corrected chi connectivity index (χ4v) is 2.45. The van der Waals surface area contributed by atoms with Crippen molar-refractivity contribution in [3.05, 3.63) is 34.9 Å². The summed E-state index contributed by atoms with van der Waals surface area (Å²) in [5.74, 6) is -0.0753. The maximum absolute atomic E-state index is 11.2. The van der Waals surface area contributed by atoms with Gasteiger partial charge in [-0.1, -0.05) is 18.2 Å². The number of benzene rings is 1. The Bertz CT molecular complexity index is 396. The molecular weight excluding hydrogens is 212 g/mol. The number of hydrogen-bond donors (Lipinski definition) is 0. The van der Waals surface area contributed by atoms with Crippen molar-refractivity contribution in [2.75, 3.05) is 6.61 Å². The lowest BCUT2D eigenvalue weighted by atomic mass is 10.0. The van der Waals surface area contributed by atoms with Gasteiger partial charge < -0.3 is 4.74 Å². The first-order chi connectivity index (χ1) is 8.29. The highest BCUT2D eigenvalue weighted by Crippen LogP contribution is 2.23. The second-order valence-electron chi connectivity index (χ2n) is 4.62. The Morgan fingerprint density at radius 3 is 2.94 bits per heavy atom. The lowest BCUT2D eigenvalue weighted by molar-refractivity contribution is -0.143. The van der Waals surface area contributed by atoms with E-state index in [0.717, 1.165) is 12.8 Å². The highest BCUT2D eigenvalue weighted by Gasteiger charge is 2.10. The standard InChI is InChI=1S/C15H20O2/c1-2-17-15(16)8-3-5-12-9-10-13-6-4-7-14(13)11-12/h9-11H,2-8H2,1H3. The molecule has 0 amide bonds. The average molecular weight is 232 g/mol. The molecule has 0 spiro atoms. The van der Waals surface area contributed by atoms with Gasteiger partial charge in [-0.15, -0.1) is 0 Å². The Morgan fingerprint density at radius 1 is 1.29 bits per heavy atom. The van der Waals surface area contributed by atoms with Gasteiger partial charge in [0, 0.05) is 6.42 Å². The summed E-state index contributed by atoms with van der Waals surface area (Å²) >= 11 is 0. The minimum absolute atomic E-state index is 0.0753. The number of fused-ring (bicyclic) bond motifs is 1. The molecule has 0 aliphatic heterocycles. The van der Waals surface area contributed by atoms with E-state index in [0.29, 0.717) is 13.0 Å². The molecule has 1 aromatic rings. The fraction of sp³-hybridized carbons (Fsp3) is 0.533. The molecule has 1 aromatic carbocycles. The van der Waals surface area contributed by atoms with Gasteiger partial charge in [-0.2, -0.15) is 0 Å². The van der Waals surface area contributed by atoms with Gasteiger partial charge in [0.25, 0.3) is 0 Å². The highest BCUT2D eigenvalue weighted by molar-refractivity contribution is 5.69. The van der Waals surface area contributed by atoms with Crippen LogP contribution in [0.15, 0.2) is 18.2 Å². The molecule has 0 N–H and O–H groups in total. The number of ether oxygens (including phenoxy) is 1. The monoisotopic (exact) mass is 232 g/mol. The zero-order chi connectivity index (χ0) is 12.1. The molecule has 17 heavy (non-hydrogen) atoms. The molecule has 0 radical (unpaired) electrons. The Kier molecular flexibility index (Phi) is 4.18. The van der Waals surface area contributed by atoms with E-state index in [1.165, 1.54) is 36.0 Å². The van der Waals surface area contributed by atoms with Gasteiger partial charge in [-0.05, 0) is 55.7 Å². The van der Waals surface area contributed by atoms with Crippen molar-refractivity contribution in [3.8, 4) is 0 Å². The Hall–Kier alpha value is -1.31. The summed E-state index contributed by atoms with van der Waals surface area (Å²) in [5.41, 5.74) is 4.38.